The lowest BCUT2D eigenvalue weighted by atomic mass is 10.1. The second-order valence-electron chi connectivity index (χ2n) is 4.71. The Morgan fingerprint density at radius 3 is 2.75 bits per heavy atom. The molecule has 0 aliphatic heterocycles. The van der Waals surface area contributed by atoms with Crippen LogP contribution in [0.25, 0.3) is 0 Å². The number of nitrogens with one attached hydrogen (secondary N) is 2. The molecule has 3 N–H and O–H groups in total. The number of aryl methyl sites for hydroxylation is 2. The predicted molar refractivity (Wildman–Crippen MR) is 76.6 cm³/mol. The summed E-state index contributed by atoms with van der Waals surface area (Å²) in [6.45, 7) is 4.12. The third-order valence-corrected chi connectivity index (χ3v) is 3.15. The molecule has 0 bridgehead atoms. The number of rotatable bonds is 4. The van der Waals surface area contributed by atoms with E-state index in [1.807, 2.05) is 32.0 Å². The Bertz CT molecular complexity index is 579. The summed E-state index contributed by atoms with van der Waals surface area (Å²) < 4.78 is 4.87. The smallest absolute Gasteiger partial charge is 0.319 e. The quantitative estimate of drug-likeness (QED) is 0.802. The summed E-state index contributed by atoms with van der Waals surface area (Å²) >= 11 is 0. The maximum absolute atomic E-state index is 11.7. The summed E-state index contributed by atoms with van der Waals surface area (Å²) in [6, 6.07) is 7.00. The molecule has 1 aromatic carbocycles. The van der Waals surface area contributed by atoms with Gasteiger partial charge in [-0.05, 0) is 43.2 Å². The van der Waals surface area contributed by atoms with Crippen molar-refractivity contribution >= 4 is 11.7 Å². The predicted octanol–water partition coefficient (Wildman–Crippen LogP) is 2.75. The summed E-state index contributed by atoms with van der Waals surface area (Å²) in [4.78, 5) is 11.7. The van der Waals surface area contributed by atoms with Crippen molar-refractivity contribution in [3.05, 3.63) is 53.5 Å². The van der Waals surface area contributed by atoms with Crippen LogP contribution in [0.15, 0.2) is 41.2 Å². The normalized spacial score (nSPS) is 11.9. The summed E-state index contributed by atoms with van der Waals surface area (Å²) in [5, 5.41) is 15.1. The van der Waals surface area contributed by atoms with Gasteiger partial charge in [-0.1, -0.05) is 6.07 Å². The number of amides is 2. The Hall–Kier alpha value is -2.27. The molecule has 5 nitrogen and oxygen atoms in total. The number of hydrogen-bond donors (Lipinski definition) is 3. The van der Waals surface area contributed by atoms with Crippen molar-refractivity contribution in [2.24, 2.45) is 0 Å². The topological polar surface area (TPSA) is 74.5 Å². The monoisotopic (exact) mass is 274 g/mol. The Morgan fingerprint density at radius 2 is 2.10 bits per heavy atom. The van der Waals surface area contributed by atoms with Crippen LogP contribution >= 0.6 is 0 Å². The number of anilines is 1. The van der Waals surface area contributed by atoms with E-state index >= 15 is 0 Å². The van der Waals surface area contributed by atoms with Crippen molar-refractivity contribution in [1.29, 1.82) is 0 Å². The Morgan fingerprint density at radius 1 is 1.30 bits per heavy atom. The van der Waals surface area contributed by atoms with Crippen molar-refractivity contribution in [2.75, 3.05) is 11.9 Å². The fourth-order valence-electron chi connectivity index (χ4n) is 1.77. The SMILES string of the molecule is Cc1ccc(NC(=O)NC[C@H](O)c2ccoc2)cc1C. The van der Waals surface area contributed by atoms with Crippen LogP contribution in [0.2, 0.25) is 0 Å². The van der Waals surface area contributed by atoms with E-state index in [1.165, 1.54) is 18.1 Å². The molecule has 0 radical (unpaired) electrons. The molecule has 0 spiro atoms. The van der Waals surface area contributed by atoms with E-state index < -0.39 is 6.10 Å². The van der Waals surface area contributed by atoms with Crippen molar-refractivity contribution in [2.45, 2.75) is 20.0 Å². The number of carbonyl (C=O) groups is 1. The van der Waals surface area contributed by atoms with Crippen molar-refractivity contribution < 1.29 is 14.3 Å². The molecule has 0 unspecified atom stereocenters. The zero-order valence-corrected chi connectivity index (χ0v) is 11.5. The largest absolute Gasteiger partial charge is 0.472 e. The van der Waals surface area contributed by atoms with Crippen LogP contribution in [0.1, 0.15) is 22.8 Å². The number of aliphatic hydroxyl groups is 1. The van der Waals surface area contributed by atoms with Crippen molar-refractivity contribution in [3.8, 4) is 0 Å². The van der Waals surface area contributed by atoms with Crippen LogP contribution in [-0.4, -0.2) is 17.7 Å². The molecule has 1 atom stereocenters. The van der Waals surface area contributed by atoms with E-state index in [2.05, 4.69) is 10.6 Å². The maximum Gasteiger partial charge on any atom is 0.319 e. The molecular weight excluding hydrogens is 256 g/mol. The highest BCUT2D eigenvalue weighted by Gasteiger charge is 2.10. The zero-order chi connectivity index (χ0) is 14.5. The second kappa shape index (κ2) is 6.25. The van der Waals surface area contributed by atoms with Crippen LogP contribution in [0.3, 0.4) is 0 Å². The van der Waals surface area contributed by atoms with Crippen LogP contribution in [-0.2, 0) is 0 Å². The van der Waals surface area contributed by atoms with Gasteiger partial charge in [0.05, 0.1) is 18.6 Å². The number of urea groups is 1. The lowest BCUT2D eigenvalue weighted by molar-refractivity contribution is 0.174. The molecule has 1 aromatic heterocycles. The number of carbonyl (C=O) groups excluding carboxylic acids is 1. The van der Waals surface area contributed by atoms with E-state index in [4.69, 9.17) is 4.42 Å². The molecule has 2 amide bonds. The minimum absolute atomic E-state index is 0.121. The molecule has 106 valence electrons. The van der Waals surface area contributed by atoms with E-state index in [-0.39, 0.29) is 12.6 Å². The molecule has 5 heteroatoms. The van der Waals surface area contributed by atoms with E-state index in [9.17, 15) is 9.90 Å². The lowest BCUT2D eigenvalue weighted by Gasteiger charge is -2.12. The van der Waals surface area contributed by atoms with Gasteiger partial charge in [0.1, 0.15) is 0 Å². The number of hydrogen-bond acceptors (Lipinski definition) is 3. The molecule has 0 aliphatic rings. The summed E-state index contributed by atoms with van der Waals surface area (Å²) in [5.74, 6) is 0. The van der Waals surface area contributed by atoms with Gasteiger partial charge in [0, 0.05) is 17.8 Å². The Balaban J connectivity index is 1.85. The lowest BCUT2D eigenvalue weighted by Crippen LogP contribution is -2.32. The van der Waals surface area contributed by atoms with Gasteiger partial charge < -0.3 is 20.2 Å². The van der Waals surface area contributed by atoms with E-state index in [0.29, 0.717) is 5.56 Å². The van der Waals surface area contributed by atoms with Gasteiger partial charge in [-0.25, -0.2) is 4.79 Å². The summed E-state index contributed by atoms with van der Waals surface area (Å²) in [5.41, 5.74) is 3.65. The Kier molecular flexibility index (Phi) is 4.42. The van der Waals surface area contributed by atoms with Gasteiger partial charge in [0.2, 0.25) is 0 Å². The average Bonchev–Trinajstić information content (AvgIpc) is 2.94. The minimum atomic E-state index is -0.778. The highest BCUT2D eigenvalue weighted by molar-refractivity contribution is 5.89. The number of furan rings is 1. The third kappa shape index (κ3) is 3.61. The average molecular weight is 274 g/mol. The van der Waals surface area contributed by atoms with Crippen molar-refractivity contribution in [1.82, 2.24) is 5.32 Å². The van der Waals surface area contributed by atoms with Gasteiger partial charge in [0.15, 0.2) is 0 Å². The van der Waals surface area contributed by atoms with Crippen LogP contribution in [0, 0.1) is 13.8 Å². The van der Waals surface area contributed by atoms with E-state index in [1.54, 1.807) is 6.07 Å². The Labute approximate surface area is 117 Å². The highest BCUT2D eigenvalue weighted by atomic mass is 16.3. The number of benzene rings is 1. The standard InChI is InChI=1S/C15H18N2O3/c1-10-3-4-13(7-11(10)2)17-15(19)16-8-14(18)12-5-6-20-9-12/h3-7,9,14,18H,8H2,1-2H3,(H2,16,17,19)/t14-/m0/s1. The maximum atomic E-state index is 11.7. The van der Waals surface area contributed by atoms with Gasteiger partial charge in [-0.2, -0.15) is 0 Å². The highest BCUT2D eigenvalue weighted by Crippen LogP contribution is 2.14. The van der Waals surface area contributed by atoms with Crippen LogP contribution < -0.4 is 10.6 Å². The molecule has 2 aromatic rings. The van der Waals surface area contributed by atoms with Crippen LogP contribution in [0.5, 0.6) is 0 Å². The second-order valence-corrected chi connectivity index (χ2v) is 4.71. The molecule has 0 aliphatic carbocycles. The molecule has 0 saturated heterocycles. The fourth-order valence-corrected chi connectivity index (χ4v) is 1.77. The molecular formula is C15H18N2O3. The van der Waals surface area contributed by atoms with Crippen molar-refractivity contribution in [3.63, 3.8) is 0 Å². The first-order valence-electron chi connectivity index (χ1n) is 6.38. The first-order chi connectivity index (χ1) is 9.56. The molecule has 20 heavy (non-hydrogen) atoms. The fraction of sp³-hybridized carbons (Fsp3) is 0.267. The molecule has 0 fully saturated rings. The molecule has 0 saturated carbocycles. The third-order valence-electron chi connectivity index (χ3n) is 3.15. The first kappa shape index (κ1) is 14.1. The van der Waals surface area contributed by atoms with E-state index in [0.717, 1.165) is 11.3 Å². The molecule has 1 heterocycles. The summed E-state index contributed by atoms with van der Waals surface area (Å²) in [6.07, 6.45) is 2.15. The number of aliphatic hydroxyl groups excluding tert-OH is 1. The van der Waals surface area contributed by atoms with Crippen LogP contribution in [0.4, 0.5) is 10.5 Å². The first-order valence-corrected chi connectivity index (χ1v) is 6.38. The van der Waals surface area contributed by atoms with Gasteiger partial charge >= 0.3 is 6.03 Å². The molecule has 2 rings (SSSR count). The minimum Gasteiger partial charge on any atom is -0.472 e. The summed E-state index contributed by atoms with van der Waals surface area (Å²) in [7, 11) is 0. The zero-order valence-electron chi connectivity index (χ0n) is 11.5. The van der Waals surface area contributed by atoms with Gasteiger partial charge in [-0.15, -0.1) is 0 Å². The van der Waals surface area contributed by atoms with Gasteiger partial charge in [-0.3, -0.25) is 0 Å². The van der Waals surface area contributed by atoms with Gasteiger partial charge in [0.25, 0.3) is 0 Å².